The van der Waals surface area contributed by atoms with Crippen molar-refractivity contribution in [2.45, 2.75) is 94.0 Å². The highest BCUT2D eigenvalue weighted by molar-refractivity contribution is 8.54. The van der Waals surface area contributed by atoms with Gasteiger partial charge in [0.1, 0.15) is 36.3 Å². The van der Waals surface area contributed by atoms with E-state index >= 15 is 8.78 Å². The first-order chi connectivity index (χ1) is 31.1. The number of rotatable bonds is 13. The number of benzene rings is 1. The van der Waals surface area contributed by atoms with Crippen molar-refractivity contribution in [2.24, 2.45) is 0 Å². The van der Waals surface area contributed by atoms with Gasteiger partial charge in [-0.05, 0) is 35.5 Å². The molecule has 0 saturated carbocycles. The number of nitrogen functional groups attached to an aromatic ring is 2. The molecule has 29 heteroatoms. The number of nitrogens with one attached hydrogen (secondary N) is 3. The molecule has 7 heterocycles. The third-order valence-corrected chi connectivity index (χ3v) is 15.6. The maximum atomic E-state index is 16.8. The molecule has 8 rings (SSSR count). The fraction of sp³-hybridized carbons (Fsp3) is 0.500. The summed E-state index contributed by atoms with van der Waals surface area (Å²) in [6.45, 7) is -4.06. The van der Waals surface area contributed by atoms with Gasteiger partial charge in [0, 0.05) is 17.9 Å². The van der Waals surface area contributed by atoms with Crippen LogP contribution in [0.4, 0.5) is 26.2 Å². The summed E-state index contributed by atoms with van der Waals surface area (Å²) in [5.74, 6) is -0.960. The van der Waals surface area contributed by atoms with Crippen LogP contribution in [0, 0.1) is 0 Å². The van der Waals surface area contributed by atoms with E-state index in [1.54, 1.807) is 24.3 Å². The minimum atomic E-state index is -4.56. The van der Waals surface area contributed by atoms with Gasteiger partial charge in [0.25, 0.3) is 20.6 Å². The van der Waals surface area contributed by atoms with E-state index in [1.165, 1.54) is 10.9 Å². The lowest BCUT2D eigenvalue weighted by molar-refractivity contribution is -0.124. The summed E-state index contributed by atoms with van der Waals surface area (Å²) in [6.07, 6.45) is -6.03. The second-order valence-electron chi connectivity index (χ2n) is 15.4. The predicted molar refractivity (Wildman–Crippen MR) is 233 cm³/mol. The molecule has 0 spiro atoms. The van der Waals surface area contributed by atoms with E-state index in [0.29, 0.717) is 29.1 Å². The van der Waals surface area contributed by atoms with E-state index in [-0.39, 0.29) is 52.3 Å². The van der Waals surface area contributed by atoms with Crippen molar-refractivity contribution in [3.63, 3.8) is 0 Å². The molecule has 5 aromatic rings. The molecule has 348 valence electrons. The van der Waals surface area contributed by atoms with Crippen LogP contribution in [0.15, 0.2) is 48.0 Å². The zero-order chi connectivity index (χ0) is 46.0. The van der Waals surface area contributed by atoms with Crippen molar-refractivity contribution >= 4 is 84.8 Å². The van der Waals surface area contributed by atoms with E-state index in [4.69, 9.17) is 39.0 Å². The number of anilines is 3. The highest BCUT2D eigenvalue weighted by atomic mass is 32.7. The van der Waals surface area contributed by atoms with E-state index in [2.05, 4.69) is 47.5 Å². The number of H-pyrrole nitrogens is 1. The fourth-order valence-corrected chi connectivity index (χ4v) is 12.0. The molecule has 23 nitrogen and oxygen atoms in total. The van der Waals surface area contributed by atoms with E-state index in [1.807, 2.05) is 0 Å². The van der Waals surface area contributed by atoms with Crippen LogP contribution in [0.5, 0.6) is 0 Å². The fourth-order valence-electron chi connectivity index (χ4n) is 7.44. The lowest BCUT2D eigenvalue weighted by atomic mass is 10.1. The van der Waals surface area contributed by atoms with Gasteiger partial charge in [0.2, 0.25) is 17.8 Å². The van der Waals surface area contributed by atoms with Gasteiger partial charge in [-0.3, -0.25) is 42.1 Å². The van der Waals surface area contributed by atoms with Gasteiger partial charge in [0.15, 0.2) is 47.4 Å². The van der Waals surface area contributed by atoms with Crippen molar-refractivity contribution in [1.29, 1.82) is 0 Å². The Bertz CT molecular complexity index is 2700. The summed E-state index contributed by atoms with van der Waals surface area (Å²) in [5, 5.41) is 5.32. The third kappa shape index (κ3) is 10.4. The van der Waals surface area contributed by atoms with Crippen molar-refractivity contribution in [3.8, 4) is 0 Å². The highest BCUT2D eigenvalue weighted by Gasteiger charge is 2.54. The number of amides is 2. The van der Waals surface area contributed by atoms with Crippen LogP contribution in [0.25, 0.3) is 22.3 Å². The monoisotopic (exact) mass is 964 g/mol. The molecule has 3 aliphatic heterocycles. The van der Waals surface area contributed by atoms with Crippen LogP contribution >= 0.6 is 25.7 Å². The number of fused-ring (bicyclic) bond motifs is 4. The van der Waals surface area contributed by atoms with Crippen LogP contribution in [0.1, 0.15) is 57.0 Å². The number of halogens is 2. The Morgan fingerprint density at radius 2 is 1.55 bits per heavy atom. The molecule has 0 radical (unpaired) electrons. The molecular weight excluding hydrogens is 919 g/mol. The number of nitrogens with two attached hydrogens (primary N) is 2. The Morgan fingerprint density at radius 1 is 0.892 bits per heavy atom. The molecule has 2 amide bonds. The molecule has 3 aliphatic rings. The van der Waals surface area contributed by atoms with Crippen LogP contribution in [-0.4, -0.2) is 115 Å². The first-order valence-electron chi connectivity index (χ1n) is 20.5. The SMILES string of the molecule is B[P@]1(=O)OC[C@H]2O[C@@H](n3cnc4c(N)ncnc43)[C@H](F)[C@@H]2O[P@@](=O)(SCc2ccc(NC(=O)CNC(=O)CCCCCC)cc2)OC[C@H]2O[C@@H](n3cnc4c(=O)[nH]c(N)nc43)[C@H](F)[C@@H]2O1. The second-order valence-corrected chi connectivity index (χ2v) is 21.5. The standard InChI is InChI=1S/C36H45BF2N12O11P2S/c1-2-3-4-5-6-22(52)42-11-23(53)47-19-9-7-18(8-10-19)14-65-64(56)58-13-21-28(24(38)35(60-21)51-17-46-27-32(51)48-36(41)49-33(27)54)61-63(37,55)57-12-20-29(62-64)25(39)34(59-20)50-16-45-26-30(40)43-15-44-31(26)50/h7-10,15-17,20-21,24-25,28-29,34-35H,2-6,11-14,37H2,1H3,(H,42,52)(H,47,53)(H2,40,43,44)(H3,41,48,49,54)/t20-,21-,24-,25-,28-,29-,34-,35-,63+,64+/m1/s1. The van der Waals surface area contributed by atoms with Crippen LogP contribution in [-0.2, 0) is 52.0 Å². The highest BCUT2D eigenvalue weighted by Crippen LogP contribution is 2.65. The number of aromatic nitrogens is 8. The zero-order valence-electron chi connectivity index (χ0n) is 34.9. The molecule has 0 aliphatic carbocycles. The second kappa shape index (κ2) is 19.6. The summed E-state index contributed by atoms with van der Waals surface area (Å²) in [6, 6.07) is 6.47. The number of hydrogen-bond donors (Lipinski definition) is 5. The summed E-state index contributed by atoms with van der Waals surface area (Å²) in [4.78, 5) is 59.9. The molecule has 10 atom stereocenters. The Labute approximate surface area is 373 Å². The smallest absolute Gasteiger partial charge is 0.382 e. The van der Waals surface area contributed by atoms with Crippen molar-refractivity contribution < 1.29 is 55.1 Å². The number of carbonyl (C=O) groups excluding carboxylic acids is 2. The first-order valence-corrected chi connectivity index (χ1v) is 25.6. The van der Waals surface area contributed by atoms with Gasteiger partial charge in [-0.1, -0.05) is 38.3 Å². The van der Waals surface area contributed by atoms with Gasteiger partial charge in [-0.25, -0.2) is 33.3 Å². The average Bonchev–Trinajstić information content (AvgIpc) is 4.04. The van der Waals surface area contributed by atoms with Crippen molar-refractivity contribution in [3.05, 3.63) is 59.2 Å². The number of unbranched alkanes of at least 4 members (excludes halogenated alkanes) is 3. The number of alkyl halides is 2. The Morgan fingerprint density at radius 3 is 2.26 bits per heavy atom. The van der Waals surface area contributed by atoms with E-state index in [9.17, 15) is 23.5 Å². The number of imidazole rings is 2. The lowest BCUT2D eigenvalue weighted by Gasteiger charge is -2.30. The number of aromatic amines is 1. The normalized spacial score (nSPS) is 29.5. The van der Waals surface area contributed by atoms with Crippen molar-refractivity contribution in [2.75, 3.05) is 36.5 Å². The number of hydrogen-bond acceptors (Lipinski definition) is 19. The summed E-state index contributed by atoms with van der Waals surface area (Å²) in [5.41, 5.74) is 12.0. The average molecular weight is 965 g/mol. The van der Waals surface area contributed by atoms with Crippen LogP contribution in [0.3, 0.4) is 0 Å². The molecule has 4 aromatic heterocycles. The Balaban J connectivity index is 1.03. The zero-order valence-corrected chi connectivity index (χ0v) is 37.5. The van der Waals surface area contributed by atoms with Gasteiger partial charge in [-0.2, -0.15) is 4.98 Å². The minimum absolute atomic E-state index is 0.0236. The molecule has 3 saturated heterocycles. The lowest BCUT2D eigenvalue weighted by Crippen LogP contribution is -2.37. The van der Waals surface area contributed by atoms with Gasteiger partial charge in [0.05, 0.1) is 32.4 Å². The summed E-state index contributed by atoms with van der Waals surface area (Å²) in [7, 11) is -3.17. The number of nitrogens with zero attached hydrogens (tertiary/aromatic N) is 7. The van der Waals surface area contributed by atoms with Gasteiger partial charge >= 0.3 is 6.80 Å². The van der Waals surface area contributed by atoms with Crippen LogP contribution in [0.2, 0.25) is 0 Å². The summed E-state index contributed by atoms with van der Waals surface area (Å²) < 4.78 is 100. The van der Waals surface area contributed by atoms with Gasteiger partial charge < -0.3 is 40.6 Å². The molecular formula is C36H45BF2N12O11P2S. The van der Waals surface area contributed by atoms with E-state index < -0.39 is 88.2 Å². The maximum Gasteiger partial charge on any atom is 0.389 e. The Hall–Kier alpha value is -4.85. The Kier molecular flexibility index (Phi) is 14.0. The van der Waals surface area contributed by atoms with E-state index in [0.717, 1.165) is 50.5 Å². The molecule has 1 aromatic carbocycles. The topological polar surface area (TPSA) is 307 Å². The molecule has 3 fully saturated rings. The molecule has 0 unspecified atom stereocenters. The molecule has 65 heavy (non-hydrogen) atoms. The first kappa shape index (κ1) is 46.7. The predicted octanol–water partition coefficient (Wildman–Crippen LogP) is 3.22. The number of carbonyl (C=O) groups is 2. The number of ether oxygens (including phenoxy) is 2. The summed E-state index contributed by atoms with van der Waals surface area (Å²) >= 11 is 0.671. The quantitative estimate of drug-likeness (QED) is 0.0643. The largest absolute Gasteiger partial charge is 0.389 e. The molecule has 0 bridgehead atoms. The third-order valence-electron chi connectivity index (χ3n) is 10.7. The minimum Gasteiger partial charge on any atom is -0.382 e. The van der Waals surface area contributed by atoms with Crippen LogP contribution < -0.4 is 27.7 Å². The molecule has 7 N–H and O–H groups in total. The van der Waals surface area contributed by atoms with Gasteiger partial charge in [-0.15, -0.1) is 0 Å². The maximum absolute atomic E-state index is 16.8. The van der Waals surface area contributed by atoms with Crippen molar-refractivity contribution in [1.82, 2.24) is 44.4 Å².